The quantitative estimate of drug-likeness (QED) is 0.689. The largest absolute Gasteiger partial charge is 0.310 e. The van der Waals surface area contributed by atoms with E-state index in [9.17, 15) is 0 Å². The maximum Gasteiger partial charge on any atom is 0.0551 e. The fourth-order valence-corrected chi connectivity index (χ4v) is 2.50. The first-order valence-corrected chi connectivity index (χ1v) is 7.12. The third-order valence-corrected chi connectivity index (χ3v) is 3.47. The molecule has 0 aliphatic heterocycles. The summed E-state index contributed by atoms with van der Waals surface area (Å²) < 4.78 is 1.06. The average molecular weight is 322 g/mol. The molecule has 0 N–H and O–H groups in total. The molecule has 0 bridgehead atoms. The van der Waals surface area contributed by atoms with Gasteiger partial charge in [-0.05, 0) is 42.5 Å². The van der Waals surface area contributed by atoms with Crippen LogP contribution < -0.4 is 4.90 Å². The van der Waals surface area contributed by atoms with Crippen LogP contribution in [0, 0.1) is 0 Å². The second-order valence-electron chi connectivity index (χ2n) is 4.34. The van der Waals surface area contributed by atoms with E-state index >= 15 is 0 Å². The molecule has 0 saturated heterocycles. The van der Waals surface area contributed by atoms with Crippen molar-refractivity contribution in [2.75, 3.05) is 4.90 Å². The third kappa shape index (κ3) is 2.68. The lowest BCUT2D eigenvalue weighted by Gasteiger charge is -2.26. The van der Waals surface area contributed by atoms with Gasteiger partial charge in [0.1, 0.15) is 0 Å². The molecule has 1 aliphatic rings. The average Bonchev–Trinajstić information content (AvgIpc) is 2.50. The van der Waals surface area contributed by atoms with E-state index in [0.717, 1.165) is 21.5 Å². The van der Waals surface area contributed by atoms with Gasteiger partial charge >= 0.3 is 0 Å². The normalized spacial score (nSPS) is 12.3. The van der Waals surface area contributed by atoms with Gasteiger partial charge in [0.05, 0.1) is 5.70 Å². The van der Waals surface area contributed by atoms with Crippen LogP contribution in [0.5, 0.6) is 0 Å². The van der Waals surface area contributed by atoms with Crippen molar-refractivity contribution in [2.45, 2.75) is 0 Å². The molecule has 0 aromatic heterocycles. The molecule has 20 heavy (non-hydrogen) atoms. The molecule has 0 atom stereocenters. The van der Waals surface area contributed by atoms with Gasteiger partial charge in [0.15, 0.2) is 0 Å². The zero-order valence-corrected chi connectivity index (χ0v) is 12.3. The van der Waals surface area contributed by atoms with Gasteiger partial charge in [0.2, 0.25) is 0 Å². The zero-order valence-electron chi connectivity index (χ0n) is 10.8. The number of hydrogen-bond acceptors (Lipinski definition) is 1. The lowest BCUT2D eigenvalue weighted by molar-refractivity contribution is 1.20. The van der Waals surface area contributed by atoms with Crippen molar-refractivity contribution in [3.8, 4) is 0 Å². The summed E-state index contributed by atoms with van der Waals surface area (Å²) in [6.07, 6.45) is 5.85. The molecule has 0 amide bonds. The van der Waals surface area contributed by atoms with Crippen molar-refractivity contribution < 1.29 is 0 Å². The van der Waals surface area contributed by atoms with Gasteiger partial charge < -0.3 is 4.90 Å². The summed E-state index contributed by atoms with van der Waals surface area (Å²) in [5.41, 5.74) is 9.24. The summed E-state index contributed by atoms with van der Waals surface area (Å²) in [4.78, 5) is 2.19. The summed E-state index contributed by atoms with van der Waals surface area (Å²) in [5, 5.41) is 0. The summed E-state index contributed by atoms with van der Waals surface area (Å²) in [6, 6.07) is 18.5. The maximum atomic E-state index is 3.53. The minimum absolute atomic E-state index is 1.06. The number of allylic oxidation sites excluding steroid dienone is 3. The SMILES string of the molecule is Brc1cccc(N(C2=CC=C=C=C2)c2ccccc2)c1. The predicted octanol–water partition coefficient (Wildman–Crippen LogP) is 5.35. The van der Waals surface area contributed by atoms with Crippen molar-refractivity contribution >= 4 is 27.3 Å². The van der Waals surface area contributed by atoms with E-state index in [1.807, 2.05) is 48.6 Å². The second kappa shape index (κ2) is 5.81. The lowest BCUT2D eigenvalue weighted by atomic mass is 10.2. The number of para-hydroxylation sites is 1. The van der Waals surface area contributed by atoms with Crippen LogP contribution in [0.25, 0.3) is 0 Å². The number of nitrogens with zero attached hydrogens (tertiary/aromatic N) is 1. The number of hydrogen-bond donors (Lipinski definition) is 0. The Bertz CT molecular complexity index is 746. The summed E-state index contributed by atoms with van der Waals surface area (Å²) in [5.74, 6) is 0. The topological polar surface area (TPSA) is 3.24 Å². The highest BCUT2D eigenvalue weighted by molar-refractivity contribution is 9.10. The highest BCUT2D eigenvalue weighted by atomic mass is 79.9. The van der Waals surface area contributed by atoms with Crippen molar-refractivity contribution in [1.82, 2.24) is 0 Å². The fraction of sp³-hybridized carbons (Fsp3) is 0. The molecule has 0 unspecified atom stereocenters. The standard InChI is InChI=1S/C18H12BrN/c19-15-8-7-13-18(14-15)20(16-9-3-1-4-10-16)17-11-5-2-6-12-17/h1,3-5,7-14H. The first kappa shape index (κ1) is 12.8. The van der Waals surface area contributed by atoms with Crippen LogP contribution in [-0.2, 0) is 0 Å². The van der Waals surface area contributed by atoms with Gasteiger partial charge in [-0.25, -0.2) is 0 Å². The first-order chi connectivity index (χ1) is 9.84. The first-order valence-electron chi connectivity index (χ1n) is 6.33. The molecular weight excluding hydrogens is 310 g/mol. The van der Waals surface area contributed by atoms with E-state index in [-0.39, 0.29) is 0 Å². The lowest BCUT2D eigenvalue weighted by Crippen LogP contribution is -2.15. The van der Waals surface area contributed by atoms with Gasteiger partial charge in [-0.2, -0.15) is 0 Å². The Morgan fingerprint density at radius 1 is 0.850 bits per heavy atom. The van der Waals surface area contributed by atoms with Gasteiger partial charge in [-0.1, -0.05) is 51.7 Å². The Balaban J connectivity index is 2.12. The molecule has 0 spiro atoms. The monoisotopic (exact) mass is 321 g/mol. The zero-order chi connectivity index (χ0) is 13.8. The molecule has 0 saturated carbocycles. The summed E-state index contributed by atoms with van der Waals surface area (Å²) >= 11 is 3.53. The van der Waals surface area contributed by atoms with Crippen molar-refractivity contribution in [3.05, 3.63) is 94.5 Å². The van der Waals surface area contributed by atoms with Gasteiger partial charge in [-0.3, -0.25) is 0 Å². The van der Waals surface area contributed by atoms with E-state index in [1.165, 1.54) is 0 Å². The van der Waals surface area contributed by atoms with Gasteiger partial charge in [0.25, 0.3) is 0 Å². The number of halogens is 1. The van der Waals surface area contributed by atoms with Gasteiger partial charge in [0, 0.05) is 21.9 Å². The Kier molecular flexibility index (Phi) is 3.71. The fourth-order valence-electron chi connectivity index (χ4n) is 2.12. The second-order valence-corrected chi connectivity index (χ2v) is 5.26. The number of rotatable bonds is 3. The van der Waals surface area contributed by atoms with E-state index in [0.29, 0.717) is 0 Å². The molecule has 3 rings (SSSR count). The van der Waals surface area contributed by atoms with E-state index in [4.69, 9.17) is 0 Å². The summed E-state index contributed by atoms with van der Waals surface area (Å²) in [6.45, 7) is 0. The highest BCUT2D eigenvalue weighted by Crippen LogP contribution is 2.32. The van der Waals surface area contributed by atoms with Crippen molar-refractivity contribution in [3.63, 3.8) is 0 Å². The van der Waals surface area contributed by atoms with Crippen LogP contribution in [-0.4, -0.2) is 0 Å². The van der Waals surface area contributed by atoms with Crippen molar-refractivity contribution in [1.29, 1.82) is 0 Å². The van der Waals surface area contributed by atoms with Gasteiger partial charge in [-0.15, -0.1) is 0 Å². The molecule has 2 aromatic carbocycles. The molecule has 96 valence electrons. The highest BCUT2D eigenvalue weighted by Gasteiger charge is 2.13. The Morgan fingerprint density at radius 3 is 2.35 bits per heavy atom. The van der Waals surface area contributed by atoms with Crippen LogP contribution in [0.15, 0.2) is 94.5 Å². The van der Waals surface area contributed by atoms with Crippen molar-refractivity contribution in [2.24, 2.45) is 0 Å². The maximum absolute atomic E-state index is 3.53. The molecule has 0 fully saturated rings. The molecular formula is C18H12BrN. The number of anilines is 2. The molecule has 2 aromatic rings. The van der Waals surface area contributed by atoms with E-state index in [1.54, 1.807) is 0 Å². The molecule has 1 aliphatic carbocycles. The Hall–Kier alpha value is -2.24. The van der Waals surface area contributed by atoms with Crippen LogP contribution in [0.1, 0.15) is 0 Å². The third-order valence-electron chi connectivity index (χ3n) is 2.98. The molecule has 0 radical (unpaired) electrons. The van der Waals surface area contributed by atoms with Crippen LogP contribution >= 0.6 is 15.9 Å². The molecule has 0 heterocycles. The summed E-state index contributed by atoms with van der Waals surface area (Å²) in [7, 11) is 0. The molecule has 2 heteroatoms. The number of benzene rings is 2. The van der Waals surface area contributed by atoms with Crippen LogP contribution in [0.2, 0.25) is 0 Å². The van der Waals surface area contributed by atoms with Crippen LogP contribution in [0.4, 0.5) is 11.4 Å². The minimum atomic E-state index is 1.06. The Labute approximate surface area is 127 Å². The predicted molar refractivity (Wildman–Crippen MR) is 87.0 cm³/mol. The molecule has 1 nitrogen and oxygen atoms in total. The smallest absolute Gasteiger partial charge is 0.0551 e. The Morgan fingerprint density at radius 2 is 1.65 bits per heavy atom. The van der Waals surface area contributed by atoms with Crippen LogP contribution in [0.3, 0.4) is 0 Å². The minimum Gasteiger partial charge on any atom is -0.310 e. The van der Waals surface area contributed by atoms with E-state index in [2.05, 4.69) is 56.6 Å². The van der Waals surface area contributed by atoms with E-state index < -0.39 is 0 Å².